The minimum Gasteiger partial charge on any atom is -0.455 e. The summed E-state index contributed by atoms with van der Waals surface area (Å²) in [6.45, 7) is 1.58. The van der Waals surface area contributed by atoms with Crippen LogP contribution in [0.5, 0.6) is 0 Å². The monoisotopic (exact) mass is 283 g/mol. The molecule has 4 heteroatoms. The molecule has 0 amide bonds. The van der Waals surface area contributed by atoms with Gasteiger partial charge in [-0.05, 0) is 36.4 Å². The van der Waals surface area contributed by atoms with Crippen LogP contribution in [0.15, 0.2) is 65.3 Å². The van der Waals surface area contributed by atoms with E-state index in [4.69, 9.17) is 4.42 Å². The first-order chi connectivity index (χ1) is 10.3. The maximum atomic E-state index is 13.7. The molecule has 0 bridgehead atoms. The van der Waals surface area contributed by atoms with Crippen LogP contribution < -0.4 is 5.32 Å². The number of furan rings is 1. The van der Waals surface area contributed by atoms with E-state index in [-0.39, 0.29) is 5.82 Å². The van der Waals surface area contributed by atoms with E-state index in [1.165, 1.54) is 11.6 Å². The van der Waals surface area contributed by atoms with Crippen LogP contribution in [-0.2, 0) is 13.1 Å². The molecule has 0 fully saturated rings. The quantitative estimate of drug-likeness (QED) is 0.782. The Labute approximate surface area is 122 Å². The molecule has 0 spiro atoms. The Morgan fingerprint density at radius 3 is 2.57 bits per heavy atom. The van der Waals surface area contributed by atoms with Gasteiger partial charge in [-0.3, -0.25) is 4.98 Å². The molecular formula is C17H16FN2O+. The first kappa shape index (κ1) is 13.5. The Morgan fingerprint density at radius 1 is 0.952 bits per heavy atom. The largest absolute Gasteiger partial charge is 0.455 e. The minimum absolute atomic E-state index is 0.265. The zero-order valence-electron chi connectivity index (χ0n) is 11.5. The van der Waals surface area contributed by atoms with Crippen molar-refractivity contribution in [3.8, 4) is 11.3 Å². The molecule has 106 valence electrons. The van der Waals surface area contributed by atoms with Gasteiger partial charge < -0.3 is 9.73 Å². The van der Waals surface area contributed by atoms with Crippen LogP contribution in [0.25, 0.3) is 11.3 Å². The third kappa shape index (κ3) is 3.35. The molecule has 3 aromatic rings. The van der Waals surface area contributed by atoms with Crippen molar-refractivity contribution in [2.45, 2.75) is 13.1 Å². The second-order valence-electron chi connectivity index (χ2n) is 4.80. The fourth-order valence-electron chi connectivity index (χ4n) is 2.19. The Hall–Kier alpha value is -2.46. The minimum atomic E-state index is -0.265. The highest BCUT2D eigenvalue weighted by Crippen LogP contribution is 2.24. The Morgan fingerprint density at radius 2 is 1.76 bits per heavy atom. The number of nitrogens with two attached hydrogens (primary N) is 1. The van der Waals surface area contributed by atoms with Crippen molar-refractivity contribution in [2.75, 3.05) is 0 Å². The highest BCUT2D eigenvalue weighted by molar-refractivity contribution is 5.58. The predicted octanol–water partition coefficient (Wildman–Crippen LogP) is 2.74. The maximum absolute atomic E-state index is 13.7. The number of aromatic nitrogens is 1. The van der Waals surface area contributed by atoms with Crippen molar-refractivity contribution in [3.05, 3.63) is 78.1 Å². The van der Waals surface area contributed by atoms with Gasteiger partial charge in [0.2, 0.25) is 0 Å². The first-order valence-electron chi connectivity index (χ1n) is 6.87. The SMILES string of the molecule is Fc1ccccc1-c1ccc(C[NH2+]Cc2ccncc2)o1. The second-order valence-corrected chi connectivity index (χ2v) is 4.80. The summed E-state index contributed by atoms with van der Waals surface area (Å²) in [5.74, 6) is 1.14. The van der Waals surface area contributed by atoms with Crippen molar-refractivity contribution in [1.82, 2.24) is 4.98 Å². The molecule has 0 unspecified atom stereocenters. The lowest BCUT2D eigenvalue weighted by atomic mass is 10.1. The summed E-state index contributed by atoms with van der Waals surface area (Å²) in [6, 6.07) is 14.3. The average molecular weight is 283 g/mol. The van der Waals surface area contributed by atoms with Gasteiger partial charge in [-0.25, -0.2) is 4.39 Å². The fraction of sp³-hybridized carbons (Fsp3) is 0.118. The van der Waals surface area contributed by atoms with Crippen LogP contribution in [0.1, 0.15) is 11.3 Å². The maximum Gasteiger partial charge on any atom is 0.158 e. The molecule has 1 aromatic carbocycles. The van der Waals surface area contributed by atoms with Gasteiger partial charge in [0, 0.05) is 18.0 Å². The molecule has 3 rings (SSSR count). The highest BCUT2D eigenvalue weighted by Gasteiger charge is 2.09. The number of quaternary nitrogens is 1. The number of rotatable bonds is 5. The molecule has 2 aromatic heterocycles. The smallest absolute Gasteiger partial charge is 0.158 e. The third-order valence-corrected chi connectivity index (χ3v) is 3.28. The number of halogens is 1. The van der Waals surface area contributed by atoms with Crippen LogP contribution in [0.4, 0.5) is 4.39 Å². The molecule has 0 saturated carbocycles. The van der Waals surface area contributed by atoms with E-state index in [0.717, 1.165) is 18.8 Å². The van der Waals surface area contributed by atoms with Crippen LogP contribution >= 0.6 is 0 Å². The summed E-state index contributed by atoms with van der Waals surface area (Å²) in [6.07, 6.45) is 3.57. The van der Waals surface area contributed by atoms with Crippen LogP contribution in [-0.4, -0.2) is 4.98 Å². The lowest BCUT2D eigenvalue weighted by molar-refractivity contribution is -0.687. The molecule has 2 heterocycles. The van der Waals surface area contributed by atoms with Gasteiger partial charge in [-0.2, -0.15) is 0 Å². The number of pyridine rings is 1. The third-order valence-electron chi connectivity index (χ3n) is 3.28. The predicted molar refractivity (Wildman–Crippen MR) is 77.7 cm³/mol. The van der Waals surface area contributed by atoms with E-state index in [0.29, 0.717) is 11.3 Å². The van der Waals surface area contributed by atoms with Gasteiger partial charge in [-0.1, -0.05) is 12.1 Å². The summed E-state index contributed by atoms with van der Waals surface area (Å²) in [4.78, 5) is 3.99. The number of hydrogen-bond donors (Lipinski definition) is 1. The normalized spacial score (nSPS) is 10.7. The van der Waals surface area contributed by atoms with Crippen LogP contribution in [0.3, 0.4) is 0 Å². The summed E-state index contributed by atoms with van der Waals surface area (Å²) >= 11 is 0. The van der Waals surface area contributed by atoms with E-state index in [1.54, 1.807) is 30.6 Å². The lowest BCUT2D eigenvalue weighted by Crippen LogP contribution is -2.80. The lowest BCUT2D eigenvalue weighted by Gasteiger charge is -2.00. The molecule has 2 N–H and O–H groups in total. The first-order valence-corrected chi connectivity index (χ1v) is 6.87. The number of hydrogen-bond acceptors (Lipinski definition) is 2. The van der Waals surface area contributed by atoms with Gasteiger partial charge >= 0.3 is 0 Å². The zero-order valence-corrected chi connectivity index (χ0v) is 11.5. The summed E-state index contributed by atoms with van der Waals surface area (Å²) in [7, 11) is 0. The van der Waals surface area contributed by atoms with E-state index < -0.39 is 0 Å². The van der Waals surface area contributed by atoms with Gasteiger partial charge in [0.1, 0.15) is 24.7 Å². The zero-order chi connectivity index (χ0) is 14.5. The average Bonchev–Trinajstić information content (AvgIpc) is 2.97. The van der Waals surface area contributed by atoms with Gasteiger partial charge in [0.05, 0.1) is 5.56 Å². The Balaban J connectivity index is 1.62. The number of benzene rings is 1. The molecule has 0 aliphatic rings. The van der Waals surface area contributed by atoms with Gasteiger partial charge in [0.15, 0.2) is 5.76 Å². The van der Waals surface area contributed by atoms with Crippen molar-refractivity contribution >= 4 is 0 Å². The summed E-state index contributed by atoms with van der Waals surface area (Å²) < 4.78 is 19.4. The molecule has 21 heavy (non-hydrogen) atoms. The van der Waals surface area contributed by atoms with Gasteiger partial charge in [0.25, 0.3) is 0 Å². The Bertz CT molecular complexity index is 710. The molecule has 0 radical (unpaired) electrons. The van der Waals surface area contributed by atoms with E-state index in [1.807, 2.05) is 24.3 Å². The highest BCUT2D eigenvalue weighted by atomic mass is 19.1. The second kappa shape index (κ2) is 6.33. The van der Waals surface area contributed by atoms with Crippen molar-refractivity contribution in [3.63, 3.8) is 0 Å². The fourth-order valence-corrected chi connectivity index (χ4v) is 2.19. The molecular weight excluding hydrogens is 267 g/mol. The molecule has 3 nitrogen and oxygen atoms in total. The van der Waals surface area contributed by atoms with Crippen molar-refractivity contribution < 1.29 is 14.1 Å². The van der Waals surface area contributed by atoms with Crippen LogP contribution in [0, 0.1) is 5.82 Å². The van der Waals surface area contributed by atoms with E-state index >= 15 is 0 Å². The number of nitrogens with zero attached hydrogens (tertiary/aromatic N) is 1. The Kier molecular flexibility index (Phi) is 4.07. The van der Waals surface area contributed by atoms with Gasteiger partial charge in [-0.15, -0.1) is 0 Å². The van der Waals surface area contributed by atoms with Crippen molar-refractivity contribution in [1.29, 1.82) is 0 Å². The summed E-state index contributed by atoms with van der Waals surface area (Å²) in [5, 5.41) is 2.14. The molecule has 0 atom stereocenters. The molecule has 0 aliphatic heterocycles. The topological polar surface area (TPSA) is 42.6 Å². The standard InChI is InChI=1S/C17H15FN2O/c18-16-4-2-1-3-15(16)17-6-5-14(21-17)12-20-11-13-7-9-19-10-8-13/h1-10,20H,11-12H2/p+1. The summed E-state index contributed by atoms with van der Waals surface area (Å²) in [5.41, 5.74) is 1.71. The molecule has 0 aliphatic carbocycles. The van der Waals surface area contributed by atoms with Crippen LogP contribution in [0.2, 0.25) is 0 Å². The van der Waals surface area contributed by atoms with E-state index in [9.17, 15) is 4.39 Å². The molecule has 0 saturated heterocycles. The van der Waals surface area contributed by atoms with Crippen molar-refractivity contribution in [2.24, 2.45) is 0 Å². The van der Waals surface area contributed by atoms with E-state index in [2.05, 4.69) is 10.3 Å².